The SMILES string of the molecule is N#Cc1ccc(S(=O)(=O)NCCc2cnc[nH]2)s1. The molecule has 0 saturated heterocycles. The van der Waals surface area contributed by atoms with Gasteiger partial charge in [0.25, 0.3) is 0 Å². The molecule has 2 aromatic heterocycles. The highest BCUT2D eigenvalue weighted by Gasteiger charge is 2.16. The molecule has 0 aliphatic carbocycles. The number of sulfonamides is 1. The molecule has 0 amide bonds. The predicted octanol–water partition coefficient (Wildman–Crippen LogP) is 0.864. The van der Waals surface area contributed by atoms with E-state index in [4.69, 9.17) is 5.26 Å². The summed E-state index contributed by atoms with van der Waals surface area (Å²) in [6.07, 6.45) is 3.73. The molecule has 0 unspecified atom stereocenters. The molecule has 0 aliphatic rings. The van der Waals surface area contributed by atoms with Gasteiger partial charge in [0.2, 0.25) is 10.0 Å². The van der Waals surface area contributed by atoms with Gasteiger partial charge in [0.05, 0.1) is 6.33 Å². The molecule has 0 aromatic carbocycles. The first-order valence-corrected chi connectivity index (χ1v) is 7.38. The molecule has 6 nitrogen and oxygen atoms in total. The van der Waals surface area contributed by atoms with Crippen LogP contribution in [0.3, 0.4) is 0 Å². The van der Waals surface area contributed by atoms with E-state index in [0.29, 0.717) is 11.3 Å². The molecule has 0 bridgehead atoms. The summed E-state index contributed by atoms with van der Waals surface area (Å²) in [6.45, 7) is 0.282. The minimum absolute atomic E-state index is 0.156. The number of nitriles is 1. The minimum Gasteiger partial charge on any atom is -0.348 e. The van der Waals surface area contributed by atoms with Crippen molar-refractivity contribution in [2.24, 2.45) is 0 Å². The molecule has 0 spiro atoms. The zero-order valence-electron chi connectivity index (χ0n) is 9.25. The van der Waals surface area contributed by atoms with Crippen LogP contribution in [0.1, 0.15) is 10.6 Å². The summed E-state index contributed by atoms with van der Waals surface area (Å²) in [7, 11) is -3.52. The van der Waals surface area contributed by atoms with Gasteiger partial charge in [0, 0.05) is 24.9 Å². The van der Waals surface area contributed by atoms with E-state index >= 15 is 0 Å². The van der Waals surface area contributed by atoms with E-state index < -0.39 is 10.0 Å². The zero-order valence-corrected chi connectivity index (χ0v) is 10.9. The van der Waals surface area contributed by atoms with Crippen LogP contribution in [-0.4, -0.2) is 24.9 Å². The van der Waals surface area contributed by atoms with Gasteiger partial charge >= 0.3 is 0 Å². The van der Waals surface area contributed by atoms with Crippen LogP contribution < -0.4 is 4.72 Å². The van der Waals surface area contributed by atoms with Crippen molar-refractivity contribution in [3.63, 3.8) is 0 Å². The Morgan fingerprint density at radius 3 is 2.94 bits per heavy atom. The summed E-state index contributed by atoms with van der Waals surface area (Å²) in [5.41, 5.74) is 0.863. The fraction of sp³-hybridized carbons (Fsp3) is 0.200. The number of aromatic amines is 1. The molecule has 0 aliphatic heterocycles. The van der Waals surface area contributed by atoms with E-state index in [1.165, 1.54) is 12.1 Å². The van der Waals surface area contributed by atoms with Crippen molar-refractivity contribution in [1.29, 1.82) is 5.26 Å². The van der Waals surface area contributed by atoms with Crippen molar-refractivity contribution in [1.82, 2.24) is 14.7 Å². The summed E-state index contributed by atoms with van der Waals surface area (Å²) in [5.74, 6) is 0. The molecule has 0 radical (unpaired) electrons. The van der Waals surface area contributed by atoms with Crippen LogP contribution in [0.15, 0.2) is 28.9 Å². The Hall–Kier alpha value is -1.69. The van der Waals surface area contributed by atoms with E-state index in [2.05, 4.69) is 14.7 Å². The van der Waals surface area contributed by atoms with E-state index in [1.54, 1.807) is 12.5 Å². The van der Waals surface area contributed by atoms with Crippen LogP contribution in [0.2, 0.25) is 0 Å². The molecule has 0 fully saturated rings. The van der Waals surface area contributed by atoms with Crippen molar-refractivity contribution in [3.8, 4) is 6.07 Å². The molecular weight excluding hydrogens is 272 g/mol. The van der Waals surface area contributed by atoms with Crippen molar-refractivity contribution in [3.05, 3.63) is 35.2 Å². The predicted molar refractivity (Wildman–Crippen MR) is 66.5 cm³/mol. The second-order valence-electron chi connectivity index (χ2n) is 3.46. The molecule has 2 aromatic rings. The van der Waals surface area contributed by atoms with Crippen LogP contribution in [0.5, 0.6) is 0 Å². The number of imidazole rings is 1. The van der Waals surface area contributed by atoms with Gasteiger partial charge < -0.3 is 4.98 Å². The number of hydrogen-bond donors (Lipinski definition) is 2. The van der Waals surface area contributed by atoms with Gasteiger partial charge in [-0.25, -0.2) is 18.1 Å². The second-order valence-corrected chi connectivity index (χ2v) is 6.53. The Bertz CT molecular complexity index is 652. The fourth-order valence-electron chi connectivity index (χ4n) is 1.34. The zero-order chi connectivity index (χ0) is 13.0. The third-order valence-corrected chi connectivity index (χ3v) is 5.14. The maximum Gasteiger partial charge on any atom is 0.250 e. The van der Waals surface area contributed by atoms with Gasteiger partial charge in [-0.2, -0.15) is 5.26 Å². The average Bonchev–Trinajstić information content (AvgIpc) is 2.99. The Morgan fingerprint density at radius 2 is 2.33 bits per heavy atom. The maximum absolute atomic E-state index is 11.9. The molecule has 2 rings (SSSR count). The number of thiophene rings is 1. The minimum atomic E-state index is -3.52. The van der Waals surface area contributed by atoms with E-state index in [0.717, 1.165) is 17.0 Å². The lowest BCUT2D eigenvalue weighted by Gasteiger charge is -2.03. The largest absolute Gasteiger partial charge is 0.348 e. The average molecular weight is 282 g/mol. The van der Waals surface area contributed by atoms with Gasteiger partial charge in [-0.05, 0) is 12.1 Å². The smallest absolute Gasteiger partial charge is 0.250 e. The Kier molecular flexibility index (Phi) is 3.76. The van der Waals surface area contributed by atoms with Crippen LogP contribution in [0.25, 0.3) is 0 Å². The molecule has 2 heterocycles. The molecule has 0 saturated carbocycles. The quantitative estimate of drug-likeness (QED) is 0.849. The van der Waals surface area contributed by atoms with Crippen molar-refractivity contribution in [2.45, 2.75) is 10.6 Å². The molecule has 18 heavy (non-hydrogen) atoms. The first kappa shape index (κ1) is 12.8. The van der Waals surface area contributed by atoms with Crippen molar-refractivity contribution < 1.29 is 8.42 Å². The van der Waals surface area contributed by atoms with Crippen molar-refractivity contribution >= 4 is 21.4 Å². The Morgan fingerprint density at radius 1 is 1.50 bits per heavy atom. The monoisotopic (exact) mass is 282 g/mol. The molecule has 94 valence electrons. The van der Waals surface area contributed by atoms with Crippen LogP contribution >= 0.6 is 11.3 Å². The maximum atomic E-state index is 11.9. The van der Waals surface area contributed by atoms with E-state index in [-0.39, 0.29) is 10.8 Å². The number of nitrogens with zero attached hydrogens (tertiary/aromatic N) is 2. The highest BCUT2D eigenvalue weighted by Crippen LogP contribution is 2.20. The first-order chi connectivity index (χ1) is 8.62. The third kappa shape index (κ3) is 2.95. The number of nitrogens with one attached hydrogen (secondary N) is 2. The molecule has 0 atom stereocenters. The molecule has 8 heteroatoms. The van der Waals surface area contributed by atoms with Gasteiger partial charge in [-0.3, -0.25) is 0 Å². The standard InChI is InChI=1S/C10H10N4O2S2/c11-5-9-1-2-10(17-9)18(15,16)14-4-3-8-6-12-7-13-8/h1-2,6-7,14H,3-4H2,(H,12,13). The highest BCUT2D eigenvalue weighted by molar-refractivity contribution is 7.91. The lowest BCUT2D eigenvalue weighted by atomic mass is 10.3. The number of hydrogen-bond acceptors (Lipinski definition) is 5. The van der Waals surface area contributed by atoms with Gasteiger partial charge in [0.15, 0.2) is 0 Å². The summed E-state index contributed by atoms with van der Waals surface area (Å²) < 4.78 is 26.3. The normalized spacial score (nSPS) is 11.3. The van der Waals surface area contributed by atoms with Crippen LogP contribution in [-0.2, 0) is 16.4 Å². The lowest BCUT2D eigenvalue weighted by molar-refractivity contribution is 0.583. The third-order valence-electron chi connectivity index (χ3n) is 2.20. The van der Waals surface area contributed by atoms with Crippen molar-refractivity contribution in [2.75, 3.05) is 6.54 Å². The molecule has 2 N–H and O–H groups in total. The topological polar surface area (TPSA) is 98.6 Å². The van der Waals surface area contributed by atoms with Gasteiger partial charge in [0.1, 0.15) is 15.2 Å². The van der Waals surface area contributed by atoms with Gasteiger partial charge in [-0.1, -0.05) is 0 Å². The van der Waals surface area contributed by atoms with E-state index in [1.807, 2.05) is 6.07 Å². The van der Waals surface area contributed by atoms with E-state index in [9.17, 15) is 8.42 Å². The molecular formula is C10H10N4O2S2. The summed E-state index contributed by atoms with van der Waals surface area (Å²) in [6, 6.07) is 4.84. The fourth-order valence-corrected chi connectivity index (χ4v) is 3.52. The lowest BCUT2D eigenvalue weighted by Crippen LogP contribution is -2.25. The van der Waals surface area contributed by atoms with Crippen LogP contribution in [0, 0.1) is 11.3 Å². The van der Waals surface area contributed by atoms with Crippen LogP contribution in [0.4, 0.5) is 0 Å². The number of aromatic nitrogens is 2. The van der Waals surface area contributed by atoms with Gasteiger partial charge in [-0.15, -0.1) is 11.3 Å². The summed E-state index contributed by atoms with van der Waals surface area (Å²) in [4.78, 5) is 7.11. The first-order valence-electron chi connectivity index (χ1n) is 5.08. The number of rotatable bonds is 5. The number of H-pyrrole nitrogens is 1. The summed E-state index contributed by atoms with van der Waals surface area (Å²) >= 11 is 0.956. The summed E-state index contributed by atoms with van der Waals surface area (Å²) in [5, 5.41) is 8.65. The second kappa shape index (κ2) is 5.30. The Balaban J connectivity index is 1.97. The highest BCUT2D eigenvalue weighted by atomic mass is 32.2. The Labute approximate surface area is 108 Å².